The number of hydrogen-bond donors (Lipinski definition) is 1. The molecule has 26 heavy (non-hydrogen) atoms. The van der Waals surface area contributed by atoms with Crippen LogP contribution in [0.1, 0.15) is 29.3 Å². The molecular weight excluding hydrogens is 340 g/mol. The molecule has 3 aromatic rings. The van der Waals surface area contributed by atoms with Gasteiger partial charge in [-0.1, -0.05) is 31.0 Å². The van der Waals surface area contributed by atoms with E-state index in [1.54, 1.807) is 11.9 Å². The van der Waals surface area contributed by atoms with E-state index in [0.29, 0.717) is 5.75 Å². The molecule has 0 spiro atoms. The molecule has 2 heterocycles. The molecule has 1 aliphatic rings. The molecular formula is C22H26N2OS. The molecule has 0 amide bonds. The van der Waals surface area contributed by atoms with Gasteiger partial charge in [-0.3, -0.25) is 0 Å². The van der Waals surface area contributed by atoms with Gasteiger partial charge in [0.05, 0.1) is 11.2 Å². The Balaban J connectivity index is 2.17. The Morgan fingerprint density at radius 3 is 2.54 bits per heavy atom. The molecule has 136 valence electrons. The number of aromatic hydroxyl groups is 1. The zero-order valence-corrected chi connectivity index (χ0v) is 17.0. The van der Waals surface area contributed by atoms with Crippen molar-refractivity contribution in [2.45, 2.75) is 40.7 Å². The Bertz CT molecular complexity index is 1020. The van der Waals surface area contributed by atoms with Gasteiger partial charge >= 0.3 is 0 Å². The maximum atomic E-state index is 10.7. The first-order valence-corrected chi connectivity index (χ1v) is 10.4. The van der Waals surface area contributed by atoms with Crippen LogP contribution in [0, 0.1) is 20.8 Å². The van der Waals surface area contributed by atoms with Crippen molar-refractivity contribution in [2.24, 2.45) is 0 Å². The Morgan fingerprint density at radius 1 is 1.12 bits per heavy atom. The van der Waals surface area contributed by atoms with Gasteiger partial charge in [-0.15, -0.1) is 0 Å². The van der Waals surface area contributed by atoms with Crippen LogP contribution in [-0.2, 0) is 13.0 Å². The van der Waals surface area contributed by atoms with Crippen molar-refractivity contribution < 1.29 is 5.11 Å². The first-order chi connectivity index (χ1) is 12.5. The summed E-state index contributed by atoms with van der Waals surface area (Å²) in [7, 11) is 0. The zero-order valence-electron chi connectivity index (χ0n) is 16.2. The van der Waals surface area contributed by atoms with Gasteiger partial charge in [-0.2, -0.15) is 0 Å². The van der Waals surface area contributed by atoms with Crippen LogP contribution in [-0.4, -0.2) is 22.5 Å². The van der Waals surface area contributed by atoms with Crippen molar-refractivity contribution in [2.75, 3.05) is 17.1 Å². The van der Waals surface area contributed by atoms with Gasteiger partial charge in [0.25, 0.3) is 0 Å². The van der Waals surface area contributed by atoms with Crippen LogP contribution in [0.5, 0.6) is 5.75 Å². The monoisotopic (exact) mass is 366 g/mol. The van der Waals surface area contributed by atoms with Crippen molar-refractivity contribution in [3.63, 3.8) is 0 Å². The van der Waals surface area contributed by atoms with Crippen LogP contribution in [0.15, 0.2) is 24.3 Å². The van der Waals surface area contributed by atoms with Crippen LogP contribution < -0.4 is 4.31 Å². The van der Waals surface area contributed by atoms with E-state index in [9.17, 15) is 5.11 Å². The van der Waals surface area contributed by atoms with Gasteiger partial charge in [0.15, 0.2) is 0 Å². The minimum Gasteiger partial charge on any atom is -0.507 e. The lowest BCUT2D eigenvalue weighted by Gasteiger charge is -2.32. The van der Waals surface area contributed by atoms with Crippen LogP contribution in [0.2, 0.25) is 0 Å². The van der Waals surface area contributed by atoms with Crippen molar-refractivity contribution in [3.05, 3.63) is 46.6 Å². The highest BCUT2D eigenvalue weighted by Gasteiger charge is 2.28. The second-order valence-electron chi connectivity index (χ2n) is 7.19. The van der Waals surface area contributed by atoms with Crippen molar-refractivity contribution >= 4 is 28.5 Å². The molecule has 0 saturated carbocycles. The van der Waals surface area contributed by atoms with E-state index >= 15 is 0 Å². The van der Waals surface area contributed by atoms with Gasteiger partial charge in [-0.05, 0) is 61.6 Å². The minimum absolute atomic E-state index is 0.373. The van der Waals surface area contributed by atoms with Gasteiger partial charge in [0.1, 0.15) is 5.75 Å². The zero-order chi connectivity index (χ0) is 18.6. The third kappa shape index (κ3) is 2.35. The normalized spacial score (nSPS) is 13.7. The summed E-state index contributed by atoms with van der Waals surface area (Å²) >= 11 is 1.80. The average Bonchev–Trinajstić information content (AvgIpc) is 2.95. The molecule has 3 nitrogen and oxygen atoms in total. The van der Waals surface area contributed by atoms with Crippen LogP contribution in [0.3, 0.4) is 0 Å². The maximum Gasteiger partial charge on any atom is 0.123 e. The molecule has 0 bridgehead atoms. The summed E-state index contributed by atoms with van der Waals surface area (Å²) in [6.07, 6.45) is 3.10. The van der Waals surface area contributed by atoms with Gasteiger partial charge in [0.2, 0.25) is 0 Å². The topological polar surface area (TPSA) is 28.4 Å². The maximum absolute atomic E-state index is 10.7. The molecule has 0 radical (unpaired) electrons. The van der Waals surface area contributed by atoms with Gasteiger partial charge in [-0.25, -0.2) is 0 Å². The molecule has 0 atom stereocenters. The third-order valence-electron chi connectivity index (χ3n) is 5.68. The van der Waals surface area contributed by atoms with E-state index in [1.165, 1.54) is 39.0 Å². The Kier molecular flexibility index (Phi) is 4.19. The number of anilines is 1. The average molecular weight is 367 g/mol. The Labute approximate surface area is 159 Å². The van der Waals surface area contributed by atoms with Gasteiger partial charge in [0, 0.05) is 36.0 Å². The summed E-state index contributed by atoms with van der Waals surface area (Å²) in [5.41, 5.74) is 9.85. The number of hydrogen-bond acceptors (Lipinski definition) is 3. The number of aryl methyl sites for hydroxylation is 2. The number of nitrogens with zero attached hydrogens (tertiary/aromatic N) is 2. The number of phenols is 1. The standard InChI is InChI=1S/C22H26N2OS/c1-6-16-15(4)21-22-18(12-14(3)23(22)9-10-24(21)26-5)20(16)17-8-7-13(2)11-19(17)25/h7-8,11-12,25H,6,9-10H2,1-5H3. The van der Waals surface area contributed by atoms with Crippen molar-refractivity contribution in [1.29, 1.82) is 0 Å². The number of benzene rings is 2. The fourth-order valence-electron chi connectivity index (χ4n) is 4.47. The van der Waals surface area contributed by atoms with E-state index in [0.717, 1.165) is 30.6 Å². The molecule has 1 N–H and O–H groups in total. The van der Waals surface area contributed by atoms with Gasteiger partial charge < -0.3 is 14.0 Å². The molecule has 4 rings (SSSR count). The van der Waals surface area contributed by atoms with E-state index in [2.05, 4.69) is 54.1 Å². The fraction of sp³-hybridized carbons (Fsp3) is 0.364. The second kappa shape index (κ2) is 6.27. The van der Waals surface area contributed by atoms with Crippen molar-refractivity contribution in [1.82, 2.24) is 4.57 Å². The summed E-state index contributed by atoms with van der Waals surface area (Å²) in [5.74, 6) is 0.373. The molecule has 0 unspecified atom stereocenters. The molecule has 1 aromatic heterocycles. The molecule has 2 aromatic carbocycles. The first kappa shape index (κ1) is 17.3. The predicted octanol–water partition coefficient (Wildman–Crippen LogP) is 5.60. The lowest BCUT2D eigenvalue weighted by Crippen LogP contribution is -2.27. The number of rotatable bonds is 3. The molecule has 4 heteroatoms. The fourth-order valence-corrected chi connectivity index (χ4v) is 5.14. The summed E-state index contributed by atoms with van der Waals surface area (Å²) < 4.78 is 4.87. The summed E-state index contributed by atoms with van der Waals surface area (Å²) in [6.45, 7) is 10.7. The SMILES string of the molecule is CCc1c(C)c2c3c(cc(C)n3CCN2SC)c1-c1ccc(C)cc1O. The van der Waals surface area contributed by atoms with E-state index in [-0.39, 0.29) is 0 Å². The summed E-state index contributed by atoms with van der Waals surface area (Å²) in [5, 5.41) is 12.0. The summed E-state index contributed by atoms with van der Waals surface area (Å²) in [4.78, 5) is 0. The largest absolute Gasteiger partial charge is 0.507 e. The van der Waals surface area contributed by atoms with Crippen LogP contribution in [0.25, 0.3) is 22.0 Å². The van der Waals surface area contributed by atoms with Crippen LogP contribution >= 0.6 is 11.9 Å². The lowest BCUT2D eigenvalue weighted by molar-refractivity contribution is 0.477. The lowest BCUT2D eigenvalue weighted by atomic mass is 9.88. The molecule has 0 aliphatic carbocycles. The van der Waals surface area contributed by atoms with E-state index in [4.69, 9.17) is 0 Å². The first-order valence-electron chi connectivity index (χ1n) is 9.24. The molecule has 0 fully saturated rings. The molecule has 1 aliphatic heterocycles. The minimum atomic E-state index is 0.373. The third-order valence-corrected chi connectivity index (χ3v) is 6.49. The highest BCUT2D eigenvalue weighted by molar-refractivity contribution is 8.00. The highest BCUT2D eigenvalue weighted by Crippen LogP contribution is 2.47. The van der Waals surface area contributed by atoms with Crippen LogP contribution in [0.4, 0.5) is 5.69 Å². The smallest absolute Gasteiger partial charge is 0.123 e. The predicted molar refractivity (Wildman–Crippen MR) is 113 cm³/mol. The number of aromatic nitrogens is 1. The Morgan fingerprint density at radius 2 is 1.88 bits per heavy atom. The summed E-state index contributed by atoms with van der Waals surface area (Å²) in [6, 6.07) is 8.33. The second-order valence-corrected chi connectivity index (χ2v) is 7.99. The van der Waals surface area contributed by atoms with E-state index in [1.807, 2.05) is 13.0 Å². The highest BCUT2D eigenvalue weighted by atomic mass is 32.2. The van der Waals surface area contributed by atoms with Crippen molar-refractivity contribution in [3.8, 4) is 16.9 Å². The Hall–Kier alpha value is -2.07. The quantitative estimate of drug-likeness (QED) is 0.612. The molecule has 0 saturated heterocycles. The number of phenolic OH excluding ortho intramolecular Hbond substituents is 1. The van der Waals surface area contributed by atoms with E-state index < -0.39 is 0 Å².